The van der Waals surface area contributed by atoms with Crippen molar-refractivity contribution in [3.05, 3.63) is 28.8 Å². The van der Waals surface area contributed by atoms with Crippen LogP contribution in [0.25, 0.3) is 0 Å². The first-order valence-corrected chi connectivity index (χ1v) is 6.78. The highest BCUT2D eigenvalue weighted by Gasteiger charge is 2.20. The van der Waals surface area contributed by atoms with Crippen LogP contribution >= 0.6 is 11.6 Å². The van der Waals surface area contributed by atoms with E-state index in [1.807, 2.05) is 18.2 Å². The second kappa shape index (κ2) is 6.78. The average molecular weight is 284 g/mol. The van der Waals surface area contributed by atoms with Crippen LogP contribution in [0.4, 0.5) is 0 Å². The van der Waals surface area contributed by atoms with Gasteiger partial charge in [-0.05, 0) is 30.5 Å². The van der Waals surface area contributed by atoms with Crippen LogP contribution < -0.4 is 10.1 Å². The van der Waals surface area contributed by atoms with Crippen molar-refractivity contribution in [2.45, 2.75) is 31.8 Å². The number of carbonyl (C=O) groups is 1. The first-order valence-electron chi connectivity index (χ1n) is 6.40. The number of hydrogen-bond donors (Lipinski definition) is 1. The molecule has 0 aromatic heterocycles. The zero-order valence-corrected chi connectivity index (χ0v) is 11.7. The van der Waals surface area contributed by atoms with Gasteiger partial charge in [0.25, 0.3) is 0 Å². The predicted octanol–water partition coefficient (Wildman–Crippen LogP) is 2.53. The van der Waals surface area contributed by atoms with E-state index in [0.717, 1.165) is 12.1 Å². The van der Waals surface area contributed by atoms with E-state index in [-0.39, 0.29) is 19.0 Å². The standard InChI is InChI=1S/C14H18ClNO3/c1-18-14(17)6-7-19-13-5-2-10(8-12(13)15)9-16-11-3-4-11/h2,5,8,11,16H,3-4,6-7,9H2,1H3. The number of nitrogens with one attached hydrogen (secondary N) is 1. The Kier molecular flexibility index (Phi) is 5.05. The van der Waals surface area contributed by atoms with Crippen molar-refractivity contribution >= 4 is 17.6 Å². The third kappa shape index (κ3) is 4.73. The molecule has 0 unspecified atom stereocenters. The van der Waals surface area contributed by atoms with Gasteiger partial charge in [-0.3, -0.25) is 4.79 Å². The third-order valence-corrected chi connectivity index (χ3v) is 3.26. The fourth-order valence-electron chi connectivity index (χ4n) is 1.67. The van der Waals surface area contributed by atoms with E-state index in [0.29, 0.717) is 16.8 Å². The molecule has 0 aliphatic heterocycles. The molecule has 1 fully saturated rings. The van der Waals surface area contributed by atoms with Crippen LogP contribution in [-0.4, -0.2) is 25.7 Å². The topological polar surface area (TPSA) is 47.6 Å². The van der Waals surface area contributed by atoms with Crippen LogP contribution in [0.15, 0.2) is 18.2 Å². The maximum Gasteiger partial charge on any atom is 0.308 e. The van der Waals surface area contributed by atoms with E-state index in [1.54, 1.807) is 0 Å². The Labute approximate surface area is 118 Å². The monoisotopic (exact) mass is 283 g/mol. The quantitative estimate of drug-likeness (QED) is 0.781. The van der Waals surface area contributed by atoms with E-state index in [4.69, 9.17) is 16.3 Å². The molecule has 1 saturated carbocycles. The summed E-state index contributed by atoms with van der Waals surface area (Å²) in [6.07, 6.45) is 2.75. The van der Waals surface area contributed by atoms with Crippen LogP contribution in [-0.2, 0) is 16.1 Å². The molecule has 5 heteroatoms. The summed E-state index contributed by atoms with van der Waals surface area (Å²) in [4.78, 5) is 11.0. The molecule has 0 heterocycles. The van der Waals surface area contributed by atoms with Gasteiger partial charge in [-0.1, -0.05) is 17.7 Å². The van der Waals surface area contributed by atoms with E-state index in [9.17, 15) is 4.79 Å². The lowest BCUT2D eigenvalue weighted by atomic mass is 10.2. The van der Waals surface area contributed by atoms with Gasteiger partial charge in [-0.2, -0.15) is 0 Å². The highest BCUT2D eigenvalue weighted by molar-refractivity contribution is 6.32. The molecule has 1 N–H and O–H groups in total. The molecule has 4 nitrogen and oxygen atoms in total. The second-order valence-electron chi connectivity index (χ2n) is 4.59. The summed E-state index contributed by atoms with van der Waals surface area (Å²) in [5.41, 5.74) is 1.14. The fraction of sp³-hybridized carbons (Fsp3) is 0.500. The Morgan fingerprint density at radius 2 is 2.26 bits per heavy atom. The van der Waals surface area contributed by atoms with Crippen LogP contribution in [0.2, 0.25) is 5.02 Å². The Hall–Kier alpha value is -1.26. The molecule has 0 radical (unpaired) electrons. The molecule has 1 aliphatic carbocycles. The maximum atomic E-state index is 11.0. The zero-order chi connectivity index (χ0) is 13.7. The van der Waals surface area contributed by atoms with Crippen LogP contribution in [0.1, 0.15) is 24.8 Å². The van der Waals surface area contributed by atoms with Crippen molar-refractivity contribution in [3.63, 3.8) is 0 Å². The first-order chi connectivity index (χ1) is 9.19. The smallest absolute Gasteiger partial charge is 0.308 e. The molecule has 1 aromatic rings. The Morgan fingerprint density at radius 3 is 2.89 bits per heavy atom. The lowest BCUT2D eigenvalue weighted by molar-refractivity contribution is -0.141. The Bertz CT molecular complexity index is 446. The summed E-state index contributed by atoms with van der Waals surface area (Å²) in [7, 11) is 1.36. The number of carbonyl (C=O) groups excluding carboxylic acids is 1. The lowest BCUT2D eigenvalue weighted by Gasteiger charge is -2.09. The minimum atomic E-state index is -0.290. The van der Waals surface area contributed by atoms with E-state index in [1.165, 1.54) is 20.0 Å². The van der Waals surface area contributed by atoms with E-state index >= 15 is 0 Å². The molecule has 0 amide bonds. The summed E-state index contributed by atoms with van der Waals surface area (Å²) in [6, 6.07) is 6.39. The molecule has 2 rings (SSSR count). The number of ether oxygens (including phenoxy) is 2. The van der Waals surface area contributed by atoms with Crippen molar-refractivity contribution in [1.29, 1.82) is 0 Å². The van der Waals surface area contributed by atoms with Crippen molar-refractivity contribution < 1.29 is 14.3 Å². The molecule has 0 bridgehead atoms. The summed E-state index contributed by atoms with van der Waals surface area (Å²) in [5, 5.41) is 3.99. The van der Waals surface area contributed by atoms with Gasteiger partial charge in [0.1, 0.15) is 5.75 Å². The van der Waals surface area contributed by atoms with Crippen molar-refractivity contribution in [2.75, 3.05) is 13.7 Å². The van der Waals surface area contributed by atoms with Gasteiger partial charge in [0.15, 0.2) is 0 Å². The molecule has 0 spiro atoms. The SMILES string of the molecule is COC(=O)CCOc1ccc(CNC2CC2)cc1Cl. The van der Waals surface area contributed by atoms with Crippen molar-refractivity contribution in [2.24, 2.45) is 0 Å². The molecule has 1 aromatic carbocycles. The summed E-state index contributed by atoms with van der Waals surface area (Å²) in [5.74, 6) is 0.308. The van der Waals surface area contributed by atoms with Gasteiger partial charge in [0, 0.05) is 12.6 Å². The Balaban J connectivity index is 1.81. The van der Waals surface area contributed by atoms with Crippen molar-refractivity contribution in [3.8, 4) is 5.75 Å². The molecular weight excluding hydrogens is 266 g/mol. The van der Waals surface area contributed by atoms with Gasteiger partial charge in [0.2, 0.25) is 0 Å². The minimum absolute atomic E-state index is 0.220. The molecular formula is C14H18ClNO3. The Morgan fingerprint density at radius 1 is 1.47 bits per heavy atom. The van der Waals surface area contributed by atoms with E-state index < -0.39 is 0 Å². The summed E-state index contributed by atoms with van der Waals surface area (Å²) < 4.78 is 9.99. The number of hydrogen-bond acceptors (Lipinski definition) is 4. The molecule has 1 aliphatic rings. The minimum Gasteiger partial charge on any atom is -0.491 e. The fourth-order valence-corrected chi connectivity index (χ4v) is 1.93. The normalized spacial score (nSPS) is 14.2. The van der Waals surface area contributed by atoms with Crippen LogP contribution in [0.5, 0.6) is 5.75 Å². The maximum absolute atomic E-state index is 11.0. The zero-order valence-electron chi connectivity index (χ0n) is 10.9. The van der Waals surface area contributed by atoms with Crippen LogP contribution in [0.3, 0.4) is 0 Å². The average Bonchev–Trinajstić information content (AvgIpc) is 3.22. The summed E-state index contributed by atoms with van der Waals surface area (Å²) >= 11 is 6.14. The number of benzene rings is 1. The van der Waals surface area contributed by atoms with Gasteiger partial charge >= 0.3 is 5.97 Å². The molecule has 0 atom stereocenters. The van der Waals surface area contributed by atoms with E-state index in [2.05, 4.69) is 10.1 Å². The van der Waals surface area contributed by atoms with Crippen LogP contribution in [0, 0.1) is 0 Å². The predicted molar refractivity (Wildman–Crippen MR) is 73.4 cm³/mol. The summed E-state index contributed by atoms with van der Waals surface area (Å²) in [6.45, 7) is 1.10. The number of rotatable bonds is 7. The molecule has 0 saturated heterocycles. The van der Waals surface area contributed by atoms with Gasteiger partial charge in [-0.25, -0.2) is 0 Å². The highest BCUT2D eigenvalue weighted by Crippen LogP contribution is 2.26. The molecule has 104 valence electrons. The van der Waals surface area contributed by atoms with Gasteiger partial charge < -0.3 is 14.8 Å². The lowest BCUT2D eigenvalue weighted by Crippen LogP contribution is -2.15. The number of methoxy groups -OCH3 is 1. The first kappa shape index (κ1) is 14.2. The highest BCUT2D eigenvalue weighted by atomic mass is 35.5. The molecule has 19 heavy (non-hydrogen) atoms. The van der Waals surface area contributed by atoms with Gasteiger partial charge in [0.05, 0.1) is 25.2 Å². The largest absolute Gasteiger partial charge is 0.491 e. The third-order valence-electron chi connectivity index (χ3n) is 2.96. The van der Waals surface area contributed by atoms with Gasteiger partial charge in [-0.15, -0.1) is 0 Å². The second-order valence-corrected chi connectivity index (χ2v) is 5.00. The number of halogens is 1. The number of esters is 1. The van der Waals surface area contributed by atoms with Crippen molar-refractivity contribution in [1.82, 2.24) is 5.32 Å².